The van der Waals surface area contributed by atoms with Gasteiger partial charge in [-0.1, -0.05) is 74.6 Å². The van der Waals surface area contributed by atoms with Crippen molar-refractivity contribution in [2.45, 2.75) is 51.1 Å². The zero-order chi connectivity index (χ0) is 20.1. The Morgan fingerprint density at radius 2 is 1.76 bits per heavy atom. The van der Waals surface area contributed by atoms with Gasteiger partial charge in [-0.15, -0.1) is 0 Å². The number of aromatic nitrogens is 2. The van der Waals surface area contributed by atoms with Crippen molar-refractivity contribution in [2.75, 3.05) is 0 Å². The fourth-order valence-electron chi connectivity index (χ4n) is 4.38. The summed E-state index contributed by atoms with van der Waals surface area (Å²) in [5.74, 6) is 0.492. The number of rotatable bonds is 6. The summed E-state index contributed by atoms with van der Waals surface area (Å²) in [5, 5.41) is 3.20. The first-order valence-corrected chi connectivity index (χ1v) is 10.5. The highest BCUT2D eigenvalue weighted by atomic mass is 16.2. The summed E-state index contributed by atoms with van der Waals surface area (Å²) in [7, 11) is 0. The van der Waals surface area contributed by atoms with Crippen molar-refractivity contribution in [3.05, 3.63) is 76.7 Å². The maximum Gasteiger partial charge on any atom is 0.269 e. The molecule has 1 N–H and O–H groups in total. The quantitative estimate of drug-likeness (QED) is 0.686. The number of amides is 1. The molecule has 1 amide bonds. The molecule has 0 bridgehead atoms. The third-order valence-corrected chi connectivity index (χ3v) is 5.89. The molecule has 5 heteroatoms. The molecule has 1 fully saturated rings. The summed E-state index contributed by atoms with van der Waals surface area (Å²) in [5.41, 5.74) is 2.25. The highest BCUT2D eigenvalue weighted by molar-refractivity contribution is 5.80. The van der Waals surface area contributed by atoms with E-state index in [1.54, 1.807) is 0 Å². The van der Waals surface area contributed by atoms with Crippen LogP contribution in [-0.4, -0.2) is 15.5 Å². The number of benzene rings is 2. The van der Waals surface area contributed by atoms with E-state index in [4.69, 9.17) is 0 Å². The number of hydrogen-bond acceptors (Lipinski definition) is 3. The van der Waals surface area contributed by atoms with Gasteiger partial charge < -0.3 is 5.32 Å². The second kappa shape index (κ2) is 9.03. The first kappa shape index (κ1) is 19.4. The SMILES string of the molecule is O=C(Cn1c(=O)cnc2ccccc21)NC(CC1CCCCC1)c1ccccc1. The van der Waals surface area contributed by atoms with E-state index in [2.05, 4.69) is 22.4 Å². The van der Waals surface area contributed by atoms with Crippen LogP contribution in [0, 0.1) is 5.92 Å². The number of carbonyl (C=O) groups is 1. The topological polar surface area (TPSA) is 64.0 Å². The molecule has 0 spiro atoms. The molecule has 1 saturated carbocycles. The summed E-state index contributed by atoms with van der Waals surface area (Å²) in [6.07, 6.45) is 8.56. The normalized spacial score (nSPS) is 15.9. The van der Waals surface area contributed by atoms with E-state index < -0.39 is 0 Å². The summed E-state index contributed by atoms with van der Waals surface area (Å²) >= 11 is 0. The third-order valence-electron chi connectivity index (χ3n) is 5.89. The Kier molecular flexibility index (Phi) is 6.03. The second-order valence-corrected chi connectivity index (χ2v) is 7.94. The van der Waals surface area contributed by atoms with Gasteiger partial charge in [0.15, 0.2) is 0 Å². The number of hydrogen-bond donors (Lipinski definition) is 1. The Hall–Kier alpha value is -2.95. The van der Waals surface area contributed by atoms with Crippen LogP contribution in [0.25, 0.3) is 11.0 Å². The first-order chi connectivity index (χ1) is 14.2. The molecule has 1 unspecified atom stereocenters. The average molecular weight is 389 g/mol. The van der Waals surface area contributed by atoms with Crippen molar-refractivity contribution >= 4 is 16.9 Å². The molecule has 1 aliphatic rings. The zero-order valence-corrected chi connectivity index (χ0v) is 16.6. The van der Waals surface area contributed by atoms with E-state index >= 15 is 0 Å². The van der Waals surface area contributed by atoms with Gasteiger partial charge in [-0.2, -0.15) is 0 Å². The first-order valence-electron chi connectivity index (χ1n) is 10.5. The number of fused-ring (bicyclic) bond motifs is 1. The third kappa shape index (κ3) is 4.73. The monoisotopic (exact) mass is 389 g/mol. The number of nitrogens with one attached hydrogen (secondary N) is 1. The van der Waals surface area contributed by atoms with Gasteiger partial charge in [0.1, 0.15) is 6.54 Å². The largest absolute Gasteiger partial charge is 0.348 e. The fraction of sp³-hybridized carbons (Fsp3) is 0.375. The van der Waals surface area contributed by atoms with Crippen molar-refractivity contribution in [1.82, 2.24) is 14.9 Å². The molecular weight excluding hydrogens is 362 g/mol. The van der Waals surface area contributed by atoms with Crippen LogP contribution in [0.15, 0.2) is 65.6 Å². The van der Waals surface area contributed by atoms with Crippen molar-refractivity contribution in [3.63, 3.8) is 0 Å². The molecule has 3 aromatic rings. The predicted octanol–water partition coefficient (Wildman–Crippen LogP) is 4.22. The summed E-state index contributed by atoms with van der Waals surface area (Å²) in [6.45, 7) is -0.00410. The minimum absolute atomic E-state index is 0.00410. The van der Waals surface area contributed by atoms with Crippen LogP contribution >= 0.6 is 0 Å². The summed E-state index contributed by atoms with van der Waals surface area (Å²) < 4.78 is 1.50. The number of para-hydroxylation sites is 2. The van der Waals surface area contributed by atoms with Gasteiger partial charge in [-0.25, -0.2) is 4.98 Å². The molecule has 1 heterocycles. The Labute approximate surface area is 170 Å². The number of nitrogens with zero attached hydrogens (tertiary/aromatic N) is 2. The zero-order valence-electron chi connectivity index (χ0n) is 16.6. The Bertz CT molecular complexity index is 1020. The molecule has 0 aliphatic heterocycles. The lowest BCUT2D eigenvalue weighted by Crippen LogP contribution is -2.35. The van der Waals surface area contributed by atoms with Gasteiger partial charge in [-0.05, 0) is 30.0 Å². The van der Waals surface area contributed by atoms with Gasteiger partial charge in [0, 0.05) is 0 Å². The lowest BCUT2D eigenvalue weighted by Gasteiger charge is -2.27. The van der Waals surface area contributed by atoms with Gasteiger partial charge in [0.25, 0.3) is 5.56 Å². The van der Waals surface area contributed by atoms with Crippen LogP contribution in [0.4, 0.5) is 0 Å². The molecule has 1 aromatic heterocycles. The van der Waals surface area contributed by atoms with E-state index in [9.17, 15) is 9.59 Å². The van der Waals surface area contributed by atoms with Crippen LogP contribution in [-0.2, 0) is 11.3 Å². The maximum absolute atomic E-state index is 12.9. The van der Waals surface area contributed by atoms with Crippen molar-refractivity contribution < 1.29 is 4.79 Å². The highest BCUT2D eigenvalue weighted by Gasteiger charge is 2.22. The lowest BCUT2D eigenvalue weighted by atomic mass is 9.83. The summed E-state index contributed by atoms with van der Waals surface area (Å²) in [4.78, 5) is 29.5. The molecule has 5 nitrogen and oxygen atoms in total. The van der Waals surface area contributed by atoms with Gasteiger partial charge in [0.2, 0.25) is 5.91 Å². The smallest absolute Gasteiger partial charge is 0.269 e. The molecule has 1 aliphatic carbocycles. The Balaban J connectivity index is 1.54. The van der Waals surface area contributed by atoms with E-state index in [0.717, 1.165) is 12.0 Å². The molecule has 0 radical (unpaired) electrons. The van der Waals surface area contributed by atoms with Crippen LogP contribution < -0.4 is 10.9 Å². The molecule has 2 aromatic carbocycles. The van der Waals surface area contributed by atoms with Crippen LogP contribution in [0.1, 0.15) is 50.1 Å². The van der Waals surface area contributed by atoms with Crippen molar-refractivity contribution in [3.8, 4) is 0 Å². The Morgan fingerprint density at radius 1 is 1.03 bits per heavy atom. The van der Waals surface area contributed by atoms with Crippen molar-refractivity contribution in [2.24, 2.45) is 5.92 Å². The number of carbonyl (C=O) groups excluding carboxylic acids is 1. The minimum Gasteiger partial charge on any atom is -0.348 e. The summed E-state index contributed by atoms with van der Waals surface area (Å²) in [6, 6.07) is 17.5. The molecule has 0 saturated heterocycles. The lowest BCUT2D eigenvalue weighted by molar-refractivity contribution is -0.122. The van der Waals surface area contributed by atoms with Gasteiger partial charge in [-0.3, -0.25) is 14.2 Å². The molecule has 4 rings (SSSR count). The maximum atomic E-state index is 12.9. The van der Waals surface area contributed by atoms with Crippen LogP contribution in [0.2, 0.25) is 0 Å². The molecular formula is C24H27N3O2. The fourth-order valence-corrected chi connectivity index (χ4v) is 4.38. The molecule has 1 atom stereocenters. The van der Waals surface area contributed by atoms with Gasteiger partial charge in [0.05, 0.1) is 23.3 Å². The van der Waals surface area contributed by atoms with Gasteiger partial charge >= 0.3 is 0 Å². The Morgan fingerprint density at radius 3 is 2.55 bits per heavy atom. The van der Waals surface area contributed by atoms with Crippen molar-refractivity contribution in [1.29, 1.82) is 0 Å². The minimum atomic E-state index is -0.262. The van der Waals surface area contributed by atoms with E-state index in [-0.39, 0.29) is 24.1 Å². The molecule has 29 heavy (non-hydrogen) atoms. The predicted molar refractivity (Wildman–Crippen MR) is 115 cm³/mol. The van der Waals surface area contributed by atoms with E-state index in [1.165, 1.54) is 42.9 Å². The highest BCUT2D eigenvalue weighted by Crippen LogP contribution is 2.31. The van der Waals surface area contributed by atoms with E-state index in [1.807, 2.05) is 42.5 Å². The standard InChI is InChI=1S/C24H27N3O2/c28-23(17-27-22-14-8-7-13-20(22)25-16-24(27)29)26-21(19-11-5-2-6-12-19)15-18-9-3-1-4-10-18/h2,5-8,11-14,16,18,21H,1,3-4,9-10,15,17H2,(H,26,28). The van der Waals surface area contributed by atoms with Crippen LogP contribution in [0.3, 0.4) is 0 Å². The van der Waals surface area contributed by atoms with Crippen LogP contribution in [0.5, 0.6) is 0 Å². The second-order valence-electron chi connectivity index (χ2n) is 7.94. The molecule has 150 valence electrons. The van der Waals surface area contributed by atoms with E-state index in [0.29, 0.717) is 17.0 Å². The average Bonchev–Trinajstić information content (AvgIpc) is 2.77.